The molecule has 0 heterocycles. The number of ketones is 1. The minimum atomic E-state index is -0.503. The van der Waals surface area contributed by atoms with E-state index in [1.807, 2.05) is 0 Å². The lowest BCUT2D eigenvalue weighted by molar-refractivity contribution is 0.0600. The molecular formula is C23H19FO5. The van der Waals surface area contributed by atoms with Crippen LogP contribution >= 0.6 is 0 Å². The van der Waals surface area contributed by atoms with Gasteiger partial charge in [-0.05, 0) is 30.3 Å². The number of carbonyl (C=O) groups is 2. The molecule has 0 aliphatic rings. The van der Waals surface area contributed by atoms with Gasteiger partial charge in [0.1, 0.15) is 12.4 Å². The lowest BCUT2D eigenvalue weighted by Gasteiger charge is -2.12. The summed E-state index contributed by atoms with van der Waals surface area (Å²) in [4.78, 5) is 24.5. The van der Waals surface area contributed by atoms with Crippen molar-refractivity contribution in [2.75, 3.05) is 14.2 Å². The van der Waals surface area contributed by atoms with Crippen LogP contribution in [0.5, 0.6) is 11.5 Å². The van der Waals surface area contributed by atoms with E-state index < -0.39 is 11.8 Å². The van der Waals surface area contributed by atoms with Gasteiger partial charge in [0.15, 0.2) is 17.3 Å². The summed E-state index contributed by atoms with van der Waals surface area (Å²) in [6.07, 6.45) is 0. The highest BCUT2D eigenvalue weighted by molar-refractivity contribution is 6.11. The second-order valence-corrected chi connectivity index (χ2v) is 6.12. The maximum Gasteiger partial charge on any atom is 0.337 e. The van der Waals surface area contributed by atoms with Crippen molar-refractivity contribution in [2.24, 2.45) is 0 Å². The first kappa shape index (κ1) is 20.1. The van der Waals surface area contributed by atoms with Crippen molar-refractivity contribution < 1.29 is 28.2 Å². The van der Waals surface area contributed by atoms with E-state index in [1.54, 1.807) is 48.5 Å². The summed E-state index contributed by atoms with van der Waals surface area (Å²) >= 11 is 0. The quantitative estimate of drug-likeness (QED) is 0.438. The Labute approximate surface area is 167 Å². The van der Waals surface area contributed by atoms with Gasteiger partial charge < -0.3 is 14.2 Å². The first-order valence-corrected chi connectivity index (χ1v) is 8.81. The summed E-state index contributed by atoms with van der Waals surface area (Å²) in [6, 6.07) is 17.6. The van der Waals surface area contributed by atoms with Crippen molar-refractivity contribution in [3.8, 4) is 11.5 Å². The van der Waals surface area contributed by atoms with Gasteiger partial charge in [0.25, 0.3) is 0 Å². The van der Waals surface area contributed by atoms with E-state index in [4.69, 9.17) is 9.47 Å². The van der Waals surface area contributed by atoms with Gasteiger partial charge in [-0.3, -0.25) is 4.79 Å². The van der Waals surface area contributed by atoms with Gasteiger partial charge in [-0.2, -0.15) is 0 Å². The number of hydrogen-bond donors (Lipinski definition) is 0. The highest BCUT2D eigenvalue weighted by Gasteiger charge is 2.16. The SMILES string of the molecule is COC(=O)c1ccc(C(=O)c2ccccc2OCc2cccc(OC)c2F)cc1. The van der Waals surface area contributed by atoms with Crippen molar-refractivity contribution in [1.82, 2.24) is 0 Å². The van der Waals surface area contributed by atoms with E-state index in [-0.39, 0.29) is 18.1 Å². The molecular weight excluding hydrogens is 375 g/mol. The molecule has 29 heavy (non-hydrogen) atoms. The van der Waals surface area contributed by atoms with Gasteiger partial charge in [-0.25, -0.2) is 9.18 Å². The third-order valence-corrected chi connectivity index (χ3v) is 4.35. The monoisotopic (exact) mass is 394 g/mol. The van der Waals surface area contributed by atoms with E-state index in [0.717, 1.165) is 0 Å². The standard InChI is InChI=1S/C23H19FO5/c1-27-20-9-5-6-17(21(20)24)14-29-19-8-4-3-7-18(19)22(25)15-10-12-16(13-11-15)23(26)28-2/h3-13H,14H2,1-2H3. The first-order chi connectivity index (χ1) is 14.0. The molecule has 0 saturated carbocycles. The molecule has 3 rings (SSSR count). The Balaban J connectivity index is 1.82. The number of para-hydroxylation sites is 1. The third kappa shape index (κ3) is 4.43. The van der Waals surface area contributed by atoms with Crippen LogP contribution in [-0.2, 0) is 11.3 Å². The third-order valence-electron chi connectivity index (χ3n) is 4.35. The molecule has 148 valence electrons. The number of methoxy groups -OCH3 is 2. The number of hydrogen-bond acceptors (Lipinski definition) is 5. The molecule has 0 fully saturated rings. The number of halogens is 1. The minimum absolute atomic E-state index is 0.0609. The molecule has 3 aromatic rings. The van der Waals surface area contributed by atoms with Crippen LogP contribution in [0.1, 0.15) is 31.8 Å². The average molecular weight is 394 g/mol. The highest BCUT2D eigenvalue weighted by atomic mass is 19.1. The smallest absolute Gasteiger partial charge is 0.337 e. The lowest BCUT2D eigenvalue weighted by Crippen LogP contribution is -2.07. The Kier molecular flexibility index (Phi) is 6.24. The zero-order valence-corrected chi connectivity index (χ0v) is 16.0. The first-order valence-electron chi connectivity index (χ1n) is 8.81. The molecule has 0 aliphatic carbocycles. The van der Waals surface area contributed by atoms with Crippen LogP contribution in [0.2, 0.25) is 0 Å². The zero-order valence-electron chi connectivity index (χ0n) is 16.0. The van der Waals surface area contributed by atoms with Gasteiger partial charge in [-0.15, -0.1) is 0 Å². The molecule has 3 aromatic carbocycles. The Morgan fingerprint density at radius 2 is 1.48 bits per heavy atom. The summed E-state index contributed by atoms with van der Waals surface area (Å²) in [5, 5.41) is 0. The van der Waals surface area contributed by atoms with Crippen LogP contribution in [0, 0.1) is 5.82 Å². The normalized spacial score (nSPS) is 10.3. The second kappa shape index (κ2) is 9.01. The summed E-state index contributed by atoms with van der Waals surface area (Å²) in [7, 11) is 2.68. The van der Waals surface area contributed by atoms with Gasteiger partial charge in [-0.1, -0.05) is 36.4 Å². The molecule has 0 saturated heterocycles. The van der Waals surface area contributed by atoms with E-state index in [1.165, 1.54) is 32.4 Å². The van der Waals surface area contributed by atoms with Crippen LogP contribution in [0.3, 0.4) is 0 Å². The van der Waals surface area contributed by atoms with E-state index >= 15 is 0 Å². The Morgan fingerprint density at radius 1 is 0.828 bits per heavy atom. The molecule has 0 bridgehead atoms. The molecule has 6 heteroatoms. The topological polar surface area (TPSA) is 61.8 Å². The number of carbonyl (C=O) groups excluding carboxylic acids is 2. The average Bonchev–Trinajstić information content (AvgIpc) is 2.77. The van der Waals surface area contributed by atoms with Gasteiger partial charge in [0.05, 0.1) is 25.3 Å². The van der Waals surface area contributed by atoms with Gasteiger partial charge in [0, 0.05) is 11.1 Å². The number of benzene rings is 3. The molecule has 0 aromatic heterocycles. The van der Waals surface area contributed by atoms with Crippen molar-refractivity contribution in [3.63, 3.8) is 0 Å². The highest BCUT2D eigenvalue weighted by Crippen LogP contribution is 2.25. The molecule has 0 N–H and O–H groups in total. The van der Waals surface area contributed by atoms with E-state index in [2.05, 4.69) is 4.74 Å². The van der Waals surface area contributed by atoms with Crippen LogP contribution in [0.15, 0.2) is 66.7 Å². The fraction of sp³-hybridized carbons (Fsp3) is 0.130. The molecule has 0 aliphatic heterocycles. The van der Waals surface area contributed by atoms with E-state index in [9.17, 15) is 14.0 Å². The lowest BCUT2D eigenvalue weighted by atomic mass is 10.0. The van der Waals surface area contributed by atoms with Crippen molar-refractivity contribution in [2.45, 2.75) is 6.61 Å². The predicted molar refractivity (Wildman–Crippen MR) is 105 cm³/mol. The molecule has 0 amide bonds. The van der Waals surface area contributed by atoms with Gasteiger partial charge >= 0.3 is 5.97 Å². The van der Waals surface area contributed by atoms with Crippen molar-refractivity contribution in [1.29, 1.82) is 0 Å². The summed E-state index contributed by atoms with van der Waals surface area (Å²) in [6.45, 7) is -0.0609. The Bertz CT molecular complexity index is 1030. The van der Waals surface area contributed by atoms with Crippen LogP contribution < -0.4 is 9.47 Å². The maximum absolute atomic E-state index is 14.3. The van der Waals surface area contributed by atoms with Crippen LogP contribution in [0.25, 0.3) is 0 Å². The van der Waals surface area contributed by atoms with Crippen molar-refractivity contribution >= 4 is 11.8 Å². The fourth-order valence-electron chi connectivity index (χ4n) is 2.79. The number of ether oxygens (including phenoxy) is 3. The van der Waals surface area contributed by atoms with E-state index in [0.29, 0.717) is 28.0 Å². The molecule has 0 spiro atoms. The number of esters is 1. The molecule has 5 nitrogen and oxygen atoms in total. The molecule has 0 atom stereocenters. The van der Waals surface area contributed by atoms with Crippen LogP contribution in [0.4, 0.5) is 4.39 Å². The summed E-state index contributed by atoms with van der Waals surface area (Å²) in [5.41, 5.74) is 1.39. The van der Waals surface area contributed by atoms with Crippen LogP contribution in [-0.4, -0.2) is 26.0 Å². The largest absolute Gasteiger partial charge is 0.494 e. The van der Waals surface area contributed by atoms with Crippen molar-refractivity contribution in [3.05, 3.63) is 94.8 Å². The maximum atomic E-state index is 14.3. The second-order valence-electron chi connectivity index (χ2n) is 6.12. The summed E-state index contributed by atoms with van der Waals surface area (Å²) < 4.78 is 29.7. The zero-order chi connectivity index (χ0) is 20.8. The summed E-state index contributed by atoms with van der Waals surface area (Å²) in [5.74, 6) is -0.800. The van der Waals surface area contributed by atoms with Gasteiger partial charge in [0.2, 0.25) is 0 Å². The Morgan fingerprint density at radius 3 is 2.17 bits per heavy atom. The Hall–Kier alpha value is -3.67. The predicted octanol–water partition coefficient (Wildman–Crippen LogP) is 4.43. The minimum Gasteiger partial charge on any atom is -0.494 e. The molecule has 0 radical (unpaired) electrons. The fourth-order valence-corrected chi connectivity index (χ4v) is 2.79. The number of rotatable bonds is 7. The molecule has 0 unspecified atom stereocenters.